The van der Waals surface area contributed by atoms with Gasteiger partial charge in [-0.2, -0.15) is 0 Å². The molecule has 1 saturated heterocycles. The third kappa shape index (κ3) is 2.10. The van der Waals surface area contributed by atoms with Gasteiger partial charge in [0.2, 0.25) is 0 Å². The van der Waals surface area contributed by atoms with Crippen molar-refractivity contribution in [2.75, 3.05) is 6.54 Å². The first-order valence-corrected chi connectivity index (χ1v) is 6.45. The molecule has 0 aromatic rings. The molecule has 0 amide bonds. The summed E-state index contributed by atoms with van der Waals surface area (Å²) in [6.07, 6.45) is 8.07. The van der Waals surface area contributed by atoms with Gasteiger partial charge in [0, 0.05) is 12.1 Å². The van der Waals surface area contributed by atoms with Crippen molar-refractivity contribution >= 4 is 11.6 Å². The van der Waals surface area contributed by atoms with Crippen LogP contribution in [0.5, 0.6) is 0 Å². The summed E-state index contributed by atoms with van der Waals surface area (Å²) in [5.74, 6) is 1.02. The van der Waals surface area contributed by atoms with E-state index in [2.05, 4.69) is 16.8 Å². The first-order valence-electron chi connectivity index (χ1n) is 6.01. The Morgan fingerprint density at radius 1 is 1.33 bits per heavy atom. The smallest absolute Gasteiger partial charge is 0.0995 e. The van der Waals surface area contributed by atoms with Gasteiger partial charge >= 0.3 is 0 Å². The molecule has 0 radical (unpaired) electrons. The zero-order chi connectivity index (χ0) is 10.9. The summed E-state index contributed by atoms with van der Waals surface area (Å²) in [4.78, 5) is 2.47. The van der Waals surface area contributed by atoms with Crippen LogP contribution in [-0.2, 0) is 0 Å². The lowest BCUT2D eigenvalue weighted by atomic mass is 9.94. The molecule has 3 heteroatoms. The highest BCUT2D eigenvalue weighted by Gasteiger charge is 2.43. The molecule has 1 unspecified atom stereocenters. The Balaban J connectivity index is 2.04. The van der Waals surface area contributed by atoms with Gasteiger partial charge in [-0.1, -0.05) is 31.0 Å². The summed E-state index contributed by atoms with van der Waals surface area (Å²) in [5, 5.41) is 3.23. The van der Waals surface area contributed by atoms with Crippen LogP contribution < -0.4 is 5.32 Å². The largest absolute Gasteiger partial charge is 0.356 e. The second-order valence-corrected chi connectivity index (χ2v) is 5.55. The molecule has 2 nitrogen and oxygen atoms in total. The number of hydrogen-bond donors (Lipinski definition) is 1. The van der Waals surface area contributed by atoms with Gasteiger partial charge in [0.1, 0.15) is 0 Å². The van der Waals surface area contributed by atoms with Gasteiger partial charge in [0.25, 0.3) is 0 Å². The van der Waals surface area contributed by atoms with Gasteiger partial charge in [0.05, 0.1) is 11.3 Å². The third-order valence-electron chi connectivity index (χ3n) is 3.82. The van der Waals surface area contributed by atoms with E-state index in [1.54, 1.807) is 0 Å². The molecule has 2 aliphatic rings. The summed E-state index contributed by atoms with van der Waals surface area (Å²) in [5.41, 5.74) is 0.395. The van der Waals surface area contributed by atoms with Crippen molar-refractivity contribution in [1.82, 2.24) is 10.2 Å². The normalized spacial score (nSPS) is 25.9. The molecule has 1 aliphatic heterocycles. The highest BCUT2D eigenvalue weighted by molar-refractivity contribution is 6.20. The Bertz CT molecular complexity index is 238. The molecule has 0 aromatic heterocycles. The molecule has 1 saturated carbocycles. The molecule has 1 aliphatic carbocycles. The number of nitrogens with zero attached hydrogens (tertiary/aromatic N) is 1. The highest BCUT2D eigenvalue weighted by Crippen LogP contribution is 2.44. The molecule has 15 heavy (non-hydrogen) atoms. The predicted octanol–water partition coefficient (Wildman–Crippen LogP) is 3.04. The van der Waals surface area contributed by atoms with Crippen LogP contribution in [0.2, 0.25) is 0 Å². The maximum Gasteiger partial charge on any atom is 0.0995 e. The Kier molecular flexibility index (Phi) is 3.15. The molecule has 2 rings (SSSR count). The zero-order valence-corrected chi connectivity index (χ0v) is 10.3. The molecule has 1 heterocycles. The van der Waals surface area contributed by atoms with Gasteiger partial charge in [-0.05, 0) is 32.6 Å². The average Bonchev–Trinajstić information content (AvgIpc) is 2.76. The quantitative estimate of drug-likeness (QED) is 0.590. The van der Waals surface area contributed by atoms with Crippen LogP contribution >= 0.6 is 11.6 Å². The fourth-order valence-corrected chi connectivity index (χ4v) is 3.35. The summed E-state index contributed by atoms with van der Waals surface area (Å²) < 4.78 is 0. The van der Waals surface area contributed by atoms with Crippen LogP contribution in [0.15, 0.2) is 12.4 Å². The Labute approximate surface area is 97.7 Å². The minimum Gasteiger partial charge on any atom is -0.356 e. The Hall–Kier alpha value is -0.370. The van der Waals surface area contributed by atoms with E-state index >= 15 is 0 Å². The number of alkyl halides is 1. The van der Waals surface area contributed by atoms with Crippen molar-refractivity contribution in [3.8, 4) is 0 Å². The molecule has 0 bridgehead atoms. The fraction of sp³-hybridized carbons (Fsp3) is 0.833. The third-order valence-corrected chi connectivity index (χ3v) is 3.93. The molecule has 1 spiro atoms. The molecule has 2 fully saturated rings. The van der Waals surface area contributed by atoms with E-state index in [-0.39, 0.29) is 5.50 Å². The Morgan fingerprint density at radius 2 is 1.93 bits per heavy atom. The van der Waals surface area contributed by atoms with E-state index in [1.807, 2.05) is 6.92 Å². The summed E-state index contributed by atoms with van der Waals surface area (Å²) in [6.45, 7) is 7.22. The molecule has 1 atom stereocenters. The van der Waals surface area contributed by atoms with E-state index < -0.39 is 0 Å². The average molecular weight is 229 g/mol. The SMILES string of the molecule is C=C(NC(C)Cl)N1CCCC12CCCC2. The Morgan fingerprint density at radius 3 is 2.53 bits per heavy atom. The van der Waals surface area contributed by atoms with E-state index in [0.29, 0.717) is 5.54 Å². The fourth-order valence-electron chi connectivity index (χ4n) is 3.22. The minimum atomic E-state index is -0.0310. The van der Waals surface area contributed by atoms with Crippen molar-refractivity contribution in [2.24, 2.45) is 0 Å². The van der Waals surface area contributed by atoms with Crippen molar-refractivity contribution in [1.29, 1.82) is 0 Å². The molecular weight excluding hydrogens is 208 g/mol. The zero-order valence-electron chi connectivity index (χ0n) is 9.56. The van der Waals surface area contributed by atoms with E-state index in [9.17, 15) is 0 Å². The first-order chi connectivity index (χ1) is 7.14. The van der Waals surface area contributed by atoms with Gasteiger partial charge in [0.15, 0.2) is 0 Å². The molecule has 0 aromatic carbocycles. The first kappa shape index (κ1) is 11.1. The highest BCUT2D eigenvalue weighted by atomic mass is 35.5. The lowest BCUT2D eigenvalue weighted by molar-refractivity contribution is 0.177. The van der Waals surface area contributed by atoms with Gasteiger partial charge < -0.3 is 10.2 Å². The maximum absolute atomic E-state index is 5.95. The molecule has 1 N–H and O–H groups in total. The number of rotatable bonds is 3. The number of nitrogens with one attached hydrogen (secondary N) is 1. The van der Waals surface area contributed by atoms with Crippen molar-refractivity contribution in [3.05, 3.63) is 12.4 Å². The van der Waals surface area contributed by atoms with Crippen LogP contribution in [0.1, 0.15) is 45.4 Å². The minimum absolute atomic E-state index is 0.0310. The van der Waals surface area contributed by atoms with Crippen LogP contribution in [-0.4, -0.2) is 22.5 Å². The van der Waals surface area contributed by atoms with Gasteiger partial charge in [-0.25, -0.2) is 0 Å². The summed E-state index contributed by atoms with van der Waals surface area (Å²) >= 11 is 5.95. The second-order valence-electron chi connectivity index (χ2n) is 4.89. The lowest BCUT2D eigenvalue weighted by Gasteiger charge is -2.38. The van der Waals surface area contributed by atoms with E-state index in [1.165, 1.54) is 38.5 Å². The number of halogens is 1. The monoisotopic (exact) mass is 228 g/mol. The van der Waals surface area contributed by atoms with Crippen LogP contribution in [0.4, 0.5) is 0 Å². The van der Waals surface area contributed by atoms with Gasteiger partial charge in [-0.3, -0.25) is 0 Å². The predicted molar refractivity (Wildman–Crippen MR) is 64.7 cm³/mol. The number of hydrogen-bond acceptors (Lipinski definition) is 2. The van der Waals surface area contributed by atoms with Crippen molar-refractivity contribution in [2.45, 2.75) is 56.5 Å². The summed E-state index contributed by atoms with van der Waals surface area (Å²) in [6, 6.07) is 0. The standard InChI is InChI=1S/C12H21ClN2/c1-10(13)14-11(2)15-9-5-8-12(15)6-3-4-7-12/h10,14H,2-9H2,1H3. The van der Waals surface area contributed by atoms with E-state index in [0.717, 1.165) is 12.4 Å². The van der Waals surface area contributed by atoms with Crippen molar-refractivity contribution < 1.29 is 0 Å². The number of likely N-dealkylation sites (tertiary alicyclic amines) is 1. The molecular formula is C12H21ClN2. The second kappa shape index (κ2) is 4.25. The van der Waals surface area contributed by atoms with E-state index in [4.69, 9.17) is 11.6 Å². The topological polar surface area (TPSA) is 15.3 Å². The van der Waals surface area contributed by atoms with Crippen LogP contribution in [0, 0.1) is 0 Å². The lowest BCUT2D eigenvalue weighted by Crippen LogP contribution is -2.45. The molecule has 86 valence electrons. The van der Waals surface area contributed by atoms with Gasteiger partial charge in [-0.15, -0.1) is 0 Å². The maximum atomic E-state index is 5.95. The van der Waals surface area contributed by atoms with Crippen LogP contribution in [0.3, 0.4) is 0 Å². The van der Waals surface area contributed by atoms with Crippen LogP contribution in [0.25, 0.3) is 0 Å². The summed E-state index contributed by atoms with van der Waals surface area (Å²) in [7, 11) is 0. The van der Waals surface area contributed by atoms with Crippen molar-refractivity contribution in [3.63, 3.8) is 0 Å².